The Labute approximate surface area is 144 Å². The van der Waals surface area contributed by atoms with E-state index in [1.807, 2.05) is 0 Å². The van der Waals surface area contributed by atoms with Crippen molar-refractivity contribution >= 4 is 17.7 Å². The normalized spacial score (nSPS) is 19.3. The summed E-state index contributed by atoms with van der Waals surface area (Å²) in [6.45, 7) is 0. The largest absolute Gasteiger partial charge is 0.497 e. The highest BCUT2D eigenvalue weighted by atomic mass is 16.5. The van der Waals surface area contributed by atoms with Crippen LogP contribution in [0.15, 0.2) is 48.5 Å². The minimum Gasteiger partial charge on any atom is -0.497 e. The number of likely N-dealkylation sites (tertiary alicyclic amines) is 1. The summed E-state index contributed by atoms with van der Waals surface area (Å²) >= 11 is 0. The average molecular weight is 339 g/mol. The summed E-state index contributed by atoms with van der Waals surface area (Å²) in [5.41, 5.74) is 0.761. The molecule has 0 unspecified atom stereocenters. The fourth-order valence-corrected chi connectivity index (χ4v) is 3.16. The number of carboxylic acid groups (broad SMARTS) is 1. The molecule has 1 saturated heterocycles. The lowest BCUT2D eigenvalue weighted by Crippen LogP contribution is -2.56. The highest BCUT2D eigenvalue weighted by Crippen LogP contribution is 2.41. The number of carbonyl (C=O) groups excluding carboxylic acids is 2. The summed E-state index contributed by atoms with van der Waals surface area (Å²) in [7, 11) is 3.19. The van der Waals surface area contributed by atoms with Gasteiger partial charge in [0, 0.05) is 12.6 Å². The Hall–Kier alpha value is -3.15. The van der Waals surface area contributed by atoms with Crippen molar-refractivity contribution in [3.8, 4) is 5.75 Å². The highest BCUT2D eigenvalue weighted by molar-refractivity contribution is 6.17. The smallest absolute Gasteiger partial charge is 0.336 e. The van der Waals surface area contributed by atoms with Gasteiger partial charge in [-0.25, -0.2) is 4.79 Å². The lowest BCUT2D eigenvalue weighted by molar-refractivity contribution is -0.150. The monoisotopic (exact) mass is 339 g/mol. The maximum Gasteiger partial charge on any atom is 0.336 e. The number of amides is 1. The molecular formula is C19H17NO5. The number of rotatable bonds is 5. The molecule has 0 spiro atoms. The number of Topliss-reactive ketones (excluding diaryl/α,β-unsaturated/α-hetero) is 1. The number of ether oxygens (including phenoxy) is 1. The van der Waals surface area contributed by atoms with Crippen molar-refractivity contribution < 1.29 is 24.2 Å². The molecule has 0 radical (unpaired) electrons. The Bertz CT molecular complexity index is 843. The number of ketones is 1. The van der Waals surface area contributed by atoms with Crippen LogP contribution in [0.4, 0.5) is 0 Å². The first-order valence-corrected chi connectivity index (χ1v) is 7.73. The third kappa shape index (κ3) is 2.76. The number of hydrogen-bond donors (Lipinski definition) is 1. The maximum absolute atomic E-state index is 12.9. The van der Waals surface area contributed by atoms with Gasteiger partial charge in [-0.3, -0.25) is 9.59 Å². The predicted molar refractivity (Wildman–Crippen MR) is 89.7 cm³/mol. The molecule has 6 nitrogen and oxygen atoms in total. The first kappa shape index (κ1) is 16.7. The van der Waals surface area contributed by atoms with Crippen LogP contribution >= 0.6 is 0 Å². The van der Waals surface area contributed by atoms with Crippen LogP contribution in [0.3, 0.4) is 0 Å². The molecule has 0 aliphatic carbocycles. The van der Waals surface area contributed by atoms with Gasteiger partial charge in [0.05, 0.1) is 18.7 Å². The van der Waals surface area contributed by atoms with Crippen LogP contribution in [-0.4, -0.2) is 41.8 Å². The van der Waals surface area contributed by atoms with Gasteiger partial charge in [0.1, 0.15) is 11.7 Å². The van der Waals surface area contributed by atoms with Gasteiger partial charge in [-0.2, -0.15) is 0 Å². The Morgan fingerprint density at radius 2 is 1.64 bits per heavy atom. The van der Waals surface area contributed by atoms with Crippen molar-refractivity contribution in [2.45, 2.75) is 6.04 Å². The zero-order chi connectivity index (χ0) is 18.1. The molecule has 0 aromatic heterocycles. The second-order valence-electron chi connectivity index (χ2n) is 5.86. The number of nitrogens with zero attached hydrogens (tertiary/aromatic N) is 1. The van der Waals surface area contributed by atoms with E-state index in [0.717, 1.165) is 5.56 Å². The molecular weight excluding hydrogens is 322 g/mol. The Kier molecular flexibility index (Phi) is 4.27. The molecule has 25 heavy (non-hydrogen) atoms. The zero-order valence-electron chi connectivity index (χ0n) is 13.8. The number of methoxy groups -OCH3 is 1. The van der Waals surface area contributed by atoms with Crippen LogP contribution in [-0.2, 0) is 4.79 Å². The average Bonchev–Trinajstić information content (AvgIpc) is 2.64. The lowest BCUT2D eigenvalue weighted by Gasteiger charge is -2.44. The number of carbonyl (C=O) groups is 3. The fourth-order valence-electron chi connectivity index (χ4n) is 3.16. The molecule has 2 aromatic rings. The van der Waals surface area contributed by atoms with E-state index in [4.69, 9.17) is 4.74 Å². The number of β-lactam (4-membered cyclic amide) rings is 1. The van der Waals surface area contributed by atoms with Crippen LogP contribution < -0.4 is 4.74 Å². The van der Waals surface area contributed by atoms with Gasteiger partial charge in [0.25, 0.3) is 0 Å². The summed E-state index contributed by atoms with van der Waals surface area (Å²) in [4.78, 5) is 38.0. The van der Waals surface area contributed by atoms with Crippen molar-refractivity contribution in [1.82, 2.24) is 4.90 Å². The van der Waals surface area contributed by atoms with Crippen LogP contribution in [0.1, 0.15) is 32.3 Å². The third-order valence-electron chi connectivity index (χ3n) is 4.51. The van der Waals surface area contributed by atoms with E-state index in [0.29, 0.717) is 5.75 Å². The van der Waals surface area contributed by atoms with Crippen molar-refractivity contribution in [2.75, 3.05) is 14.2 Å². The molecule has 1 aliphatic rings. The standard InChI is InChI=1S/C19H17NO5/c1-20-16(11-7-9-12(25-2)10-8-11)15(18(20)22)17(21)13-5-3-4-6-14(13)19(23)24/h3-10,15-16H,1-2H3,(H,23,24)/t15-,16-/m1/s1. The van der Waals surface area contributed by atoms with Crippen molar-refractivity contribution in [1.29, 1.82) is 0 Å². The van der Waals surface area contributed by atoms with Crippen molar-refractivity contribution in [2.24, 2.45) is 5.92 Å². The molecule has 3 rings (SSSR count). The van der Waals surface area contributed by atoms with Gasteiger partial charge in [-0.1, -0.05) is 30.3 Å². The Morgan fingerprint density at radius 1 is 1.04 bits per heavy atom. The van der Waals surface area contributed by atoms with E-state index < -0.39 is 23.7 Å². The highest BCUT2D eigenvalue weighted by Gasteiger charge is 2.50. The van der Waals surface area contributed by atoms with Gasteiger partial charge in [-0.15, -0.1) is 0 Å². The van der Waals surface area contributed by atoms with Crippen LogP contribution in [0.25, 0.3) is 0 Å². The van der Waals surface area contributed by atoms with Crippen LogP contribution in [0, 0.1) is 5.92 Å². The number of carboxylic acids is 1. The number of aromatic carboxylic acids is 1. The van der Waals surface area contributed by atoms with Crippen LogP contribution in [0.5, 0.6) is 5.75 Å². The Balaban J connectivity index is 1.96. The van der Waals surface area contributed by atoms with E-state index in [1.54, 1.807) is 50.6 Å². The molecule has 128 valence electrons. The quantitative estimate of drug-likeness (QED) is 0.514. The van der Waals surface area contributed by atoms with Crippen LogP contribution in [0.2, 0.25) is 0 Å². The van der Waals surface area contributed by atoms with Gasteiger partial charge in [0.15, 0.2) is 5.78 Å². The topological polar surface area (TPSA) is 83.9 Å². The van der Waals surface area contributed by atoms with E-state index >= 15 is 0 Å². The fraction of sp³-hybridized carbons (Fsp3) is 0.211. The summed E-state index contributed by atoms with van der Waals surface area (Å²) in [6, 6.07) is 12.7. The van der Waals surface area contributed by atoms with Crippen molar-refractivity contribution in [3.05, 3.63) is 65.2 Å². The molecule has 1 N–H and O–H groups in total. The third-order valence-corrected chi connectivity index (χ3v) is 4.51. The van der Waals surface area contributed by atoms with E-state index in [2.05, 4.69) is 0 Å². The maximum atomic E-state index is 12.9. The summed E-state index contributed by atoms with van der Waals surface area (Å²) in [5.74, 6) is -2.21. The Morgan fingerprint density at radius 3 is 2.20 bits per heavy atom. The molecule has 0 saturated carbocycles. The molecule has 0 bridgehead atoms. The van der Waals surface area contributed by atoms with Gasteiger partial charge in [-0.05, 0) is 23.8 Å². The van der Waals surface area contributed by atoms with Gasteiger partial charge < -0.3 is 14.7 Å². The van der Waals surface area contributed by atoms with Gasteiger partial charge in [0.2, 0.25) is 5.91 Å². The first-order valence-electron chi connectivity index (χ1n) is 7.73. The molecule has 2 atom stereocenters. The second-order valence-corrected chi connectivity index (χ2v) is 5.86. The van der Waals surface area contributed by atoms with E-state index in [9.17, 15) is 19.5 Å². The van der Waals surface area contributed by atoms with Crippen molar-refractivity contribution in [3.63, 3.8) is 0 Å². The molecule has 1 aliphatic heterocycles. The zero-order valence-corrected chi connectivity index (χ0v) is 13.8. The minimum absolute atomic E-state index is 0.0555. The predicted octanol–water partition coefficient (Wildman–Crippen LogP) is 2.41. The molecule has 2 aromatic carbocycles. The molecule has 1 heterocycles. The SMILES string of the molecule is COc1ccc([C@@H]2[C@H](C(=O)c3ccccc3C(=O)O)C(=O)N2C)cc1. The molecule has 1 fully saturated rings. The van der Waals surface area contributed by atoms with E-state index in [1.165, 1.54) is 17.0 Å². The van der Waals surface area contributed by atoms with Gasteiger partial charge >= 0.3 is 5.97 Å². The van der Waals surface area contributed by atoms with E-state index in [-0.39, 0.29) is 17.0 Å². The second kappa shape index (κ2) is 6.39. The summed E-state index contributed by atoms with van der Waals surface area (Å²) < 4.78 is 5.12. The number of benzene rings is 2. The number of hydrogen-bond acceptors (Lipinski definition) is 4. The molecule has 1 amide bonds. The summed E-state index contributed by atoms with van der Waals surface area (Å²) in [6.07, 6.45) is 0. The lowest BCUT2D eigenvalue weighted by atomic mass is 9.77. The summed E-state index contributed by atoms with van der Waals surface area (Å²) in [5, 5.41) is 9.28. The molecule has 6 heteroatoms. The minimum atomic E-state index is -1.19. The first-order chi connectivity index (χ1) is 12.0.